The van der Waals surface area contributed by atoms with Crippen LogP contribution in [0.4, 0.5) is 5.69 Å². The van der Waals surface area contributed by atoms with E-state index in [0.29, 0.717) is 5.02 Å². The molecule has 20 heavy (non-hydrogen) atoms. The van der Waals surface area contributed by atoms with E-state index in [1.165, 1.54) is 25.2 Å². The third kappa shape index (κ3) is 2.88. The summed E-state index contributed by atoms with van der Waals surface area (Å²) >= 11 is 5.83. The first-order valence-corrected chi connectivity index (χ1v) is 6.28. The fourth-order valence-corrected chi connectivity index (χ4v) is 2.05. The minimum atomic E-state index is -0.836. The predicted octanol–water partition coefficient (Wildman–Crippen LogP) is 1.30. The summed E-state index contributed by atoms with van der Waals surface area (Å²) in [5.74, 6) is -1.50. The van der Waals surface area contributed by atoms with Crippen LogP contribution in [0.3, 0.4) is 0 Å². The van der Waals surface area contributed by atoms with Crippen LogP contribution in [-0.2, 0) is 4.79 Å². The van der Waals surface area contributed by atoms with Crippen molar-refractivity contribution in [3.63, 3.8) is 0 Å². The Bertz CT molecular complexity index is 590. The molecule has 0 aliphatic heterocycles. The topological polar surface area (TPSA) is 101 Å². The number of nitrogens with one attached hydrogen (secondary N) is 2. The van der Waals surface area contributed by atoms with Gasteiger partial charge >= 0.3 is 0 Å². The minimum Gasteiger partial charge on any atom is -0.355 e. The van der Waals surface area contributed by atoms with Gasteiger partial charge in [-0.1, -0.05) is 11.6 Å². The van der Waals surface area contributed by atoms with Gasteiger partial charge < -0.3 is 10.6 Å². The number of carbonyl (C=O) groups is 2. The van der Waals surface area contributed by atoms with E-state index in [1.807, 2.05) is 0 Å². The van der Waals surface area contributed by atoms with Crippen LogP contribution in [0.15, 0.2) is 18.2 Å². The van der Waals surface area contributed by atoms with Crippen molar-refractivity contribution in [2.45, 2.75) is 12.5 Å². The maximum absolute atomic E-state index is 11.9. The lowest BCUT2D eigenvalue weighted by Gasteiger charge is -2.10. The number of amides is 2. The number of carbonyl (C=O) groups excluding carboxylic acids is 2. The SMILES string of the molecule is CNC(=O)c1ccc(Cl)cc1NC(=O)[C@@H]1C[C@H]1[N+](=O)[O-]. The van der Waals surface area contributed by atoms with Gasteiger partial charge in [0, 0.05) is 23.4 Å². The third-order valence-electron chi connectivity index (χ3n) is 3.08. The molecule has 2 N–H and O–H groups in total. The zero-order valence-corrected chi connectivity index (χ0v) is 11.3. The molecule has 1 saturated carbocycles. The van der Waals surface area contributed by atoms with Crippen molar-refractivity contribution in [2.24, 2.45) is 5.92 Å². The smallest absolute Gasteiger partial charge is 0.253 e. The summed E-state index contributed by atoms with van der Waals surface area (Å²) in [6, 6.07) is 3.61. The highest BCUT2D eigenvalue weighted by atomic mass is 35.5. The number of halogens is 1. The number of benzene rings is 1. The molecule has 2 amide bonds. The van der Waals surface area contributed by atoms with Crippen molar-refractivity contribution in [1.82, 2.24) is 5.32 Å². The summed E-state index contributed by atoms with van der Waals surface area (Å²) < 4.78 is 0. The van der Waals surface area contributed by atoms with Crippen molar-refractivity contribution in [2.75, 3.05) is 12.4 Å². The first kappa shape index (κ1) is 14.3. The average molecular weight is 298 g/mol. The summed E-state index contributed by atoms with van der Waals surface area (Å²) in [6.07, 6.45) is 0.217. The number of hydrogen-bond acceptors (Lipinski definition) is 4. The van der Waals surface area contributed by atoms with E-state index in [0.717, 1.165) is 0 Å². The Kier molecular flexibility index (Phi) is 3.89. The molecule has 1 aliphatic rings. The molecule has 0 heterocycles. The maximum Gasteiger partial charge on any atom is 0.253 e. The van der Waals surface area contributed by atoms with Crippen LogP contribution in [-0.4, -0.2) is 29.8 Å². The molecule has 1 aliphatic carbocycles. The van der Waals surface area contributed by atoms with Gasteiger partial charge in [0.15, 0.2) is 0 Å². The lowest BCUT2D eigenvalue weighted by molar-refractivity contribution is -0.497. The molecule has 0 bridgehead atoms. The van der Waals surface area contributed by atoms with Gasteiger partial charge in [0.25, 0.3) is 5.91 Å². The number of nitro groups is 1. The van der Waals surface area contributed by atoms with Crippen molar-refractivity contribution < 1.29 is 14.5 Å². The summed E-state index contributed by atoms with van der Waals surface area (Å²) in [4.78, 5) is 33.6. The molecule has 8 heteroatoms. The Labute approximate surface area is 119 Å². The summed E-state index contributed by atoms with van der Waals surface area (Å²) in [5.41, 5.74) is 0.499. The van der Waals surface area contributed by atoms with Crippen LogP contribution in [0.2, 0.25) is 5.02 Å². The van der Waals surface area contributed by atoms with Gasteiger partial charge in [0.2, 0.25) is 11.9 Å². The van der Waals surface area contributed by atoms with Gasteiger partial charge in [-0.05, 0) is 18.2 Å². The van der Waals surface area contributed by atoms with Crippen LogP contribution in [0.1, 0.15) is 16.8 Å². The van der Waals surface area contributed by atoms with E-state index in [9.17, 15) is 19.7 Å². The lowest BCUT2D eigenvalue weighted by atomic mass is 10.1. The van der Waals surface area contributed by atoms with E-state index < -0.39 is 22.8 Å². The fourth-order valence-electron chi connectivity index (χ4n) is 1.87. The van der Waals surface area contributed by atoms with Gasteiger partial charge in [0.05, 0.1) is 11.3 Å². The van der Waals surface area contributed by atoms with E-state index in [-0.39, 0.29) is 23.6 Å². The molecule has 7 nitrogen and oxygen atoms in total. The minimum absolute atomic E-state index is 0.217. The highest BCUT2D eigenvalue weighted by Gasteiger charge is 2.53. The maximum atomic E-state index is 11.9. The summed E-state index contributed by atoms with van der Waals surface area (Å²) in [5, 5.41) is 15.9. The average Bonchev–Trinajstić information content (AvgIpc) is 3.18. The number of anilines is 1. The standard InChI is InChI=1S/C12H12ClN3O4/c1-14-11(17)7-3-2-6(13)4-9(7)15-12(18)8-5-10(8)16(19)20/h2-4,8,10H,5H2,1H3,(H,14,17)(H,15,18)/t8-,10-/m1/s1. The molecular weight excluding hydrogens is 286 g/mol. The predicted molar refractivity (Wildman–Crippen MR) is 72.4 cm³/mol. The van der Waals surface area contributed by atoms with E-state index in [1.54, 1.807) is 0 Å². The van der Waals surface area contributed by atoms with Gasteiger partial charge in [-0.15, -0.1) is 0 Å². The molecule has 0 radical (unpaired) electrons. The molecule has 2 rings (SSSR count). The van der Waals surface area contributed by atoms with Crippen LogP contribution >= 0.6 is 11.6 Å². The van der Waals surface area contributed by atoms with Gasteiger partial charge in [-0.25, -0.2) is 0 Å². The Morgan fingerprint density at radius 1 is 1.45 bits per heavy atom. The van der Waals surface area contributed by atoms with Crippen LogP contribution < -0.4 is 10.6 Å². The van der Waals surface area contributed by atoms with Crippen molar-refractivity contribution >= 4 is 29.1 Å². The molecular formula is C12H12ClN3O4. The quantitative estimate of drug-likeness (QED) is 0.646. The first-order chi connectivity index (χ1) is 9.43. The monoisotopic (exact) mass is 297 g/mol. The lowest BCUT2D eigenvalue weighted by Crippen LogP contribution is -2.23. The second kappa shape index (κ2) is 5.46. The van der Waals surface area contributed by atoms with E-state index in [4.69, 9.17) is 11.6 Å². The van der Waals surface area contributed by atoms with Crippen LogP contribution in [0.25, 0.3) is 0 Å². The van der Waals surface area contributed by atoms with Crippen molar-refractivity contribution in [3.05, 3.63) is 38.9 Å². The molecule has 0 saturated heterocycles. The normalized spacial score (nSPS) is 20.1. The first-order valence-electron chi connectivity index (χ1n) is 5.90. The Morgan fingerprint density at radius 2 is 2.15 bits per heavy atom. The zero-order chi connectivity index (χ0) is 14.9. The Balaban J connectivity index is 2.16. The summed E-state index contributed by atoms with van der Waals surface area (Å²) in [7, 11) is 1.46. The van der Waals surface area contributed by atoms with Crippen LogP contribution in [0.5, 0.6) is 0 Å². The summed E-state index contributed by atoms with van der Waals surface area (Å²) in [6.45, 7) is 0. The van der Waals surface area contributed by atoms with E-state index in [2.05, 4.69) is 10.6 Å². The van der Waals surface area contributed by atoms with Crippen molar-refractivity contribution in [3.8, 4) is 0 Å². The molecule has 1 aromatic carbocycles. The molecule has 1 fully saturated rings. The van der Waals surface area contributed by atoms with Crippen molar-refractivity contribution in [1.29, 1.82) is 0 Å². The Morgan fingerprint density at radius 3 is 2.70 bits per heavy atom. The molecule has 1 aromatic rings. The largest absolute Gasteiger partial charge is 0.355 e. The highest BCUT2D eigenvalue weighted by Crippen LogP contribution is 2.34. The third-order valence-corrected chi connectivity index (χ3v) is 3.31. The second-order valence-electron chi connectivity index (χ2n) is 4.45. The van der Waals surface area contributed by atoms with Gasteiger partial charge in [-0.3, -0.25) is 19.7 Å². The number of hydrogen-bond donors (Lipinski definition) is 2. The van der Waals surface area contributed by atoms with E-state index >= 15 is 0 Å². The molecule has 106 valence electrons. The molecule has 2 atom stereocenters. The molecule has 0 aromatic heterocycles. The van der Waals surface area contributed by atoms with Gasteiger partial charge in [-0.2, -0.15) is 0 Å². The number of nitrogens with zero attached hydrogens (tertiary/aromatic N) is 1. The molecule has 0 unspecified atom stereocenters. The van der Waals surface area contributed by atoms with Crippen LogP contribution in [0, 0.1) is 16.0 Å². The zero-order valence-electron chi connectivity index (χ0n) is 10.6. The number of rotatable bonds is 4. The Hall–Kier alpha value is -2.15. The fraction of sp³-hybridized carbons (Fsp3) is 0.333. The molecule has 0 spiro atoms. The van der Waals surface area contributed by atoms with Gasteiger partial charge in [0.1, 0.15) is 5.92 Å². The highest BCUT2D eigenvalue weighted by molar-refractivity contribution is 6.31. The second-order valence-corrected chi connectivity index (χ2v) is 4.89.